The topological polar surface area (TPSA) is 110 Å². The average molecular weight is 422 g/mol. The van der Waals surface area contributed by atoms with Crippen LogP contribution in [0.15, 0.2) is 83.4 Å². The van der Waals surface area contributed by atoms with Gasteiger partial charge in [-0.1, -0.05) is 60.7 Å². The first-order chi connectivity index (χ1) is 15.7. The first kappa shape index (κ1) is 19.5. The van der Waals surface area contributed by atoms with Gasteiger partial charge in [-0.05, 0) is 34.0 Å². The molecule has 0 radical (unpaired) electrons. The number of carbonyl (C=O) groups is 1. The minimum atomic E-state index is 0.0272. The number of benzene rings is 2. The van der Waals surface area contributed by atoms with Gasteiger partial charge in [-0.15, -0.1) is 10.2 Å². The summed E-state index contributed by atoms with van der Waals surface area (Å²) in [5.41, 5.74) is 4.36. The average Bonchev–Trinajstić information content (AvgIpc) is 3.53. The van der Waals surface area contributed by atoms with Crippen molar-refractivity contribution in [3.8, 4) is 34.1 Å². The van der Waals surface area contributed by atoms with Crippen LogP contribution in [0.4, 0.5) is 0 Å². The van der Waals surface area contributed by atoms with Crippen molar-refractivity contribution in [3.63, 3.8) is 0 Å². The number of aromatic nitrogens is 6. The van der Waals surface area contributed by atoms with Crippen molar-refractivity contribution in [2.75, 3.05) is 0 Å². The van der Waals surface area contributed by atoms with Gasteiger partial charge in [-0.25, -0.2) is 9.97 Å². The number of hydrogen-bond acceptors (Lipinski definition) is 7. The smallest absolute Gasteiger partial charge is 0.222 e. The Kier molecular flexibility index (Phi) is 5.32. The number of tetrazole rings is 1. The number of aromatic amines is 1. The summed E-state index contributed by atoms with van der Waals surface area (Å²) in [4.78, 5) is 21.3. The molecule has 0 bridgehead atoms. The molecule has 0 unspecified atom stereocenters. The zero-order chi connectivity index (χ0) is 21.8. The Bertz CT molecular complexity index is 1330. The molecule has 156 valence electrons. The SMILES string of the molecule is O=C(Cc1ccc(-c2ccccc2)cc1)Cc1ncc(-c2cccc(-c3nn[nH]n3)n2)o1. The Hall–Kier alpha value is -4.46. The molecular formula is C24H18N6O2. The predicted octanol–water partition coefficient (Wildman–Crippen LogP) is 3.94. The number of nitrogens with one attached hydrogen (secondary N) is 1. The number of nitrogens with zero attached hydrogens (tertiary/aromatic N) is 5. The van der Waals surface area contributed by atoms with Gasteiger partial charge >= 0.3 is 0 Å². The zero-order valence-electron chi connectivity index (χ0n) is 17.0. The second kappa shape index (κ2) is 8.73. The summed E-state index contributed by atoms with van der Waals surface area (Å²) in [5.74, 6) is 1.25. The summed E-state index contributed by atoms with van der Waals surface area (Å²) >= 11 is 0. The van der Waals surface area contributed by atoms with Crippen LogP contribution in [0, 0.1) is 0 Å². The van der Waals surface area contributed by atoms with Gasteiger partial charge in [0.05, 0.1) is 12.6 Å². The third kappa shape index (κ3) is 4.34. The fourth-order valence-electron chi connectivity index (χ4n) is 3.38. The lowest BCUT2D eigenvalue weighted by molar-refractivity contribution is -0.118. The van der Waals surface area contributed by atoms with E-state index in [1.54, 1.807) is 18.3 Å². The number of rotatable bonds is 7. The first-order valence-corrected chi connectivity index (χ1v) is 10.1. The van der Waals surface area contributed by atoms with E-state index in [-0.39, 0.29) is 12.2 Å². The molecule has 0 aliphatic rings. The molecule has 0 aliphatic carbocycles. The molecule has 5 aromatic rings. The summed E-state index contributed by atoms with van der Waals surface area (Å²) in [6, 6.07) is 23.5. The molecule has 0 saturated carbocycles. The highest BCUT2D eigenvalue weighted by atomic mass is 16.4. The largest absolute Gasteiger partial charge is 0.439 e. The Morgan fingerprint density at radius 3 is 2.41 bits per heavy atom. The molecule has 8 heteroatoms. The molecule has 0 aliphatic heterocycles. The molecular weight excluding hydrogens is 404 g/mol. The fourth-order valence-corrected chi connectivity index (χ4v) is 3.38. The van der Waals surface area contributed by atoms with E-state index in [9.17, 15) is 4.79 Å². The maximum atomic E-state index is 12.5. The third-order valence-corrected chi connectivity index (χ3v) is 4.94. The number of pyridine rings is 1. The Labute approximate surface area is 183 Å². The summed E-state index contributed by atoms with van der Waals surface area (Å²) in [5, 5.41) is 13.8. The van der Waals surface area contributed by atoms with Crippen molar-refractivity contribution in [1.82, 2.24) is 30.6 Å². The summed E-state index contributed by atoms with van der Waals surface area (Å²) in [6.07, 6.45) is 2.00. The zero-order valence-corrected chi connectivity index (χ0v) is 17.0. The van der Waals surface area contributed by atoms with Crippen molar-refractivity contribution in [1.29, 1.82) is 0 Å². The van der Waals surface area contributed by atoms with Crippen molar-refractivity contribution >= 4 is 5.78 Å². The minimum absolute atomic E-state index is 0.0272. The van der Waals surface area contributed by atoms with Crippen LogP contribution in [0.25, 0.3) is 34.1 Å². The number of oxazole rings is 1. The van der Waals surface area contributed by atoms with Crippen LogP contribution in [0.3, 0.4) is 0 Å². The van der Waals surface area contributed by atoms with Gasteiger partial charge in [0, 0.05) is 6.42 Å². The highest BCUT2D eigenvalue weighted by molar-refractivity contribution is 5.82. The third-order valence-electron chi connectivity index (χ3n) is 4.94. The number of H-pyrrole nitrogens is 1. The van der Waals surface area contributed by atoms with Crippen LogP contribution in [0.1, 0.15) is 11.5 Å². The van der Waals surface area contributed by atoms with Crippen LogP contribution < -0.4 is 0 Å². The van der Waals surface area contributed by atoms with Gasteiger partial charge in [0.15, 0.2) is 5.76 Å². The van der Waals surface area contributed by atoms with Gasteiger partial charge in [-0.3, -0.25) is 4.79 Å². The van der Waals surface area contributed by atoms with E-state index in [1.165, 1.54) is 0 Å². The molecule has 0 spiro atoms. The maximum Gasteiger partial charge on any atom is 0.222 e. The van der Waals surface area contributed by atoms with Crippen LogP contribution in [0.2, 0.25) is 0 Å². The standard InChI is InChI=1S/C24H18N6O2/c31-19(13-16-9-11-18(12-10-16)17-5-2-1-3-6-17)14-23-25-15-22(32-23)20-7-4-8-21(26-20)24-27-29-30-28-24/h1-12,15H,13-14H2,(H,27,28,29,30). The number of ketones is 1. The molecule has 32 heavy (non-hydrogen) atoms. The Morgan fingerprint density at radius 1 is 0.844 bits per heavy atom. The van der Waals surface area contributed by atoms with Gasteiger partial charge in [0.25, 0.3) is 0 Å². The van der Waals surface area contributed by atoms with Crippen molar-refractivity contribution < 1.29 is 9.21 Å². The minimum Gasteiger partial charge on any atom is -0.439 e. The van der Waals surface area contributed by atoms with Gasteiger partial charge < -0.3 is 4.42 Å². The molecule has 5 rings (SSSR count). The van der Waals surface area contributed by atoms with Gasteiger partial charge in [-0.2, -0.15) is 5.21 Å². The lowest BCUT2D eigenvalue weighted by Crippen LogP contribution is -2.06. The van der Waals surface area contributed by atoms with Crippen LogP contribution >= 0.6 is 0 Å². The summed E-state index contributed by atoms with van der Waals surface area (Å²) in [6.45, 7) is 0. The van der Waals surface area contributed by atoms with Crippen LogP contribution in [-0.2, 0) is 17.6 Å². The van der Waals surface area contributed by atoms with Crippen molar-refractivity contribution in [3.05, 3.63) is 90.4 Å². The van der Waals surface area contributed by atoms with E-state index in [4.69, 9.17) is 4.42 Å². The predicted molar refractivity (Wildman–Crippen MR) is 117 cm³/mol. The van der Waals surface area contributed by atoms with Crippen molar-refractivity contribution in [2.24, 2.45) is 0 Å². The summed E-state index contributed by atoms with van der Waals surface area (Å²) < 4.78 is 5.77. The highest BCUT2D eigenvalue weighted by Gasteiger charge is 2.14. The monoisotopic (exact) mass is 422 g/mol. The molecule has 8 nitrogen and oxygen atoms in total. The van der Waals surface area contributed by atoms with E-state index >= 15 is 0 Å². The van der Waals surface area contributed by atoms with E-state index in [1.807, 2.05) is 48.5 Å². The fraction of sp³-hybridized carbons (Fsp3) is 0.0833. The van der Waals surface area contributed by atoms with Crippen LogP contribution in [0.5, 0.6) is 0 Å². The molecule has 3 aromatic heterocycles. The normalized spacial score (nSPS) is 10.9. The molecule has 0 fully saturated rings. The van der Waals surface area contributed by atoms with Crippen LogP contribution in [-0.4, -0.2) is 36.4 Å². The van der Waals surface area contributed by atoms with E-state index in [0.717, 1.165) is 16.7 Å². The van der Waals surface area contributed by atoms with E-state index < -0.39 is 0 Å². The van der Waals surface area contributed by atoms with Gasteiger partial charge in [0.1, 0.15) is 17.2 Å². The first-order valence-electron chi connectivity index (χ1n) is 10.1. The van der Waals surface area contributed by atoms with E-state index in [2.05, 4.69) is 42.7 Å². The molecule has 0 amide bonds. The lowest BCUT2D eigenvalue weighted by atomic mass is 10.0. The maximum absolute atomic E-state index is 12.5. The van der Waals surface area contributed by atoms with Crippen molar-refractivity contribution in [2.45, 2.75) is 12.8 Å². The second-order valence-corrected chi connectivity index (χ2v) is 7.22. The van der Waals surface area contributed by atoms with Gasteiger partial charge in [0.2, 0.25) is 11.7 Å². The molecule has 0 saturated heterocycles. The lowest BCUT2D eigenvalue weighted by Gasteiger charge is -2.04. The molecule has 2 aromatic carbocycles. The Balaban J connectivity index is 1.24. The second-order valence-electron chi connectivity index (χ2n) is 7.22. The van der Waals surface area contributed by atoms with E-state index in [0.29, 0.717) is 35.3 Å². The Morgan fingerprint density at radius 2 is 1.62 bits per heavy atom. The quantitative estimate of drug-likeness (QED) is 0.423. The number of carbonyl (C=O) groups excluding carboxylic acids is 1. The molecule has 0 atom stereocenters. The number of Topliss-reactive ketones (excluding diaryl/α,β-unsaturated/α-hetero) is 1. The molecule has 1 N–H and O–H groups in total. The highest BCUT2D eigenvalue weighted by Crippen LogP contribution is 2.22. The number of hydrogen-bond donors (Lipinski definition) is 1. The summed E-state index contributed by atoms with van der Waals surface area (Å²) in [7, 11) is 0. The molecule has 3 heterocycles.